The first-order chi connectivity index (χ1) is 28.8. The molecule has 0 saturated heterocycles. The van der Waals surface area contributed by atoms with E-state index >= 15 is 0 Å². The molecule has 0 radical (unpaired) electrons. The molecule has 270 valence electrons. The molecule has 4 heteroatoms. The largest absolute Gasteiger partial charge is 0.299 e. The first kappa shape index (κ1) is 32.5. The van der Waals surface area contributed by atoms with Crippen LogP contribution in [0.4, 0.5) is 0 Å². The number of hydrogen-bond acceptors (Lipinski definition) is 3. The maximum absolute atomic E-state index is 5.41. The second-order valence-electron chi connectivity index (χ2n) is 15.2. The molecule has 1 spiro atoms. The van der Waals surface area contributed by atoms with Gasteiger partial charge >= 0.3 is 0 Å². The second kappa shape index (κ2) is 12.7. The number of benzene rings is 7. The molecular weight excluding hydrogens is 705 g/mol. The molecule has 0 fully saturated rings. The van der Waals surface area contributed by atoms with Gasteiger partial charge < -0.3 is 0 Å². The molecule has 12 rings (SSSR count). The third-order valence-electron chi connectivity index (χ3n) is 12.1. The molecule has 3 aromatic heterocycles. The molecule has 0 aliphatic heterocycles. The third kappa shape index (κ3) is 4.72. The molecule has 7 aromatic carbocycles. The van der Waals surface area contributed by atoms with Gasteiger partial charge in [-0.05, 0) is 74.8 Å². The Labute approximate surface area is 336 Å². The Morgan fingerprint density at radius 1 is 0.345 bits per heavy atom. The maximum atomic E-state index is 5.41. The Bertz CT molecular complexity index is 3170. The molecular formula is C54H34N4. The number of aromatic nitrogens is 4. The lowest BCUT2D eigenvalue weighted by molar-refractivity contribution is 0.794. The summed E-state index contributed by atoms with van der Waals surface area (Å²) < 4.78 is 2.17. The molecule has 0 amide bonds. The van der Waals surface area contributed by atoms with E-state index in [2.05, 4.69) is 193 Å². The summed E-state index contributed by atoms with van der Waals surface area (Å²) in [6, 6.07) is 71.5. The van der Waals surface area contributed by atoms with Crippen LogP contribution in [0, 0.1) is 0 Å². The third-order valence-corrected chi connectivity index (χ3v) is 12.1. The van der Waals surface area contributed by atoms with E-state index in [-0.39, 0.29) is 0 Å². The number of pyridine rings is 1. The van der Waals surface area contributed by atoms with Crippen LogP contribution >= 0.6 is 0 Å². The van der Waals surface area contributed by atoms with E-state index in [0.717, 1.165) is 56.2 Å². The van der Waals surface area contributed by atoms with E-state index in [1.54, 1.807) is 0 Å². The number of nitrogens with zero attached hydrogens (tertiary/aromatic N) is 4. The van der Waals surface area contributed by atoms with Crippen molar-refractivity contribution in [1.82, 2.24) is 19.4 Å². The van der Waals surface area contributed by atoms with E-state index in [1.165, 1.54) is 44.5 Å². The summed E-state index contributed by atoms with van der Waals surface area (Å²) in [4.78, 5) is 15.8. The van der Waals surface area contributed by atoms with Crippen molar-refractivity contribution >= 4 is 5.65 Å². The van der Waals surface area contributed by atoms with Crippen molar-refractivity contribution < 1.29 is 0 Å². The van der Waals surface area contributed by atoms with Crippen LogP contribution in [0.1, 0.15) is 22.3 Å². The molecule has 0 bridgehead atoms. The summed E-state index contributed by atoms with van der Waals surface area (Å²) in [6.07, 6.45) is 2.08. The highest BCUT2D eigenvalue weighted by Gasteiger charge is 2.51. The van der Waals surface area contributed by atoms with Crippen LogP contribution in [0.2, 0.25) is 0 Å². The van der Waals surface area contributed by atoms with Crippen molar-refractivity contribution in [3.05, 3.63) is 229 Å². The van der Waals surface area contributed by atoms with Gasteiger partial charge in [-0.1, -0.05) is 170 Å². The smallest absolute Gasteiger partial charge is 0.160 e. The highest BCUT2D eigenvalue weighted by atomic mass is 15.0. The maximum Gasteiger partial charge on any atom is 0.160 e. The monoisotopic (exact) mass is 738 g/mol. The zero-order valence-electron chi connectivity index (χ0n) is 31.4. The van der Waals surface area contributed by atoms with Crippen LogP contribution in [-0.4, -0.2) is 19.4 Å². The first-order valence-corrected chi connectivity index (χ1v) is 19.8. The number of imidazole rings is 1. The van der Waals surface area contributed by atoms with Crippen LogP contribution in [0.25, 0.3) is 84.3 Å². The van der Waals surface area contributed by atoms with Crippen LogP contribution in [-0.2, 0) is 5.41 Å². The van der Waals surface area contributed by atoms with Gasteiger partial charge in [-0.25, -0.2) is 15.0 Å². The highest BCUT2D eigenvalue weighted by Crippen LogP contribution is 2.63. The Balaban J connectivity index is 1.06. The van der Waals surface area contributed by atoms with Gasteiger partial charge in [0.05, 0.1) is 28.2 Å². The molecule has 0 atom stereocenters. The van der Waals surface area contributed by atoms with Gasteiger partial charge in [0.2, 0.25) is 0 Å². The fourth-order valence-corrected chi connectivity index (χ4v) is 9.61. The van der Waals surface area contributed by atoms with Crippen LogP contribution < -0.4 is 0 Å². The van der Waals surface area contributed by atoms with Gasteiger partial charge in [0.25, 0.3) is 0 Å². The van der Waals surface area contributed by atoms with Crippen molar-refractivity contribution in [2.45, 2.75) is 5.41 Å². The van der Waals surface area contributed by atoms with Crippen molar-refractivity contribution in [2.75, 3.05) is 0 Å². The SMILES string of the molecule is c1ccc(-c2cc(-c3ccc4c(c3)C3(c5ccccc5-c5ccccc53)c3ccccc3-4)nc(-c3cccc(-c4c(-c5ccccc5)nc5ccccn45)c3)n2)cc1. The standard InChI is InChI=1S/C54H34N4/c1-3-16-35(17-4-1)48-34-49(56-53(55-48)39-21-15-20-38(32-39)52-51(36-18-5-2-6-19-36)57-50-28-13-14-31-58(50)52)37-29-30-43-42-24-9-12-27-46(42)54(47(43)33-37)44-25-10-7-22-40(44)41-23-8-11-26-45(41)54/h1-34H. The molecule has 0 unspecified atom stereocenters. The molecule has 2 aliphatic carbocycles. The lowest BCUT2D eigenvalue weighted by atomic mass is 9.70. The topological polar surface area (TPSA) is 43.1 Å². The Hall–Kier alpha value is -7.69. The number of rotatable bonds is 5. The minimum absolute atomic E-state index is 0.438. The van der Waals surface area contributed by atoms with E-state index in [9.17, 15) is 0 Å². The van der Waals surface area contributed by atoms with E-state index in [4.69, 9.17) is 15.0 Å². The predicted octanol–water partition coefficient (Wildman–Crippen LogP) is 12.8. The van der Waals surface area contributed by atoms with Crippen LogP contribution in [0.3, 0.4) is 0 Å². The van der Waals surface area contributed by atoms with Gasteiger partial charge in [-0.3, -0.25) is 4.40 Å². The van der Waals surface area contributed by atoms with Gasteiger partial charge in [0, 0.05) is 34.0 Å². The summed E-state index contributed by atoms with van der Waals surface area (Å²) in [5, 5.41) is 0. The molecule has 0 N–H and O–H groups in total. The molecule has 10 aromatic rings. The van der Waals surface area contributed by atoms with E-state index in [1.807, 2.05) is 18.2 Å². The van der Waals surface area contributed by atoms with Gasteiger partial charge in [0.15, 0.2) is 5.82 Å². The molecule has 0 saturated carbocycles. The molecule has 3 heterocycles. The summed E-state index contributed by atoms with van der Waals surface area (Å²) in [6.45, 7) is 0. The second-order valence-corrected chi connectivity index (χ2v) is 15.2. The fourth-order valence-electron chi connectivity index (χ4n) is 9.61. The zero-order chi connectivity index (χ0) is 38.2. The quantitative estimate of drug-likeness (QED) is 0.177. The Kier molecular flexibility index (Phi) is 7.11. The minimum Gasteiger partial charge on any atom is -0.299 e. The molecule has 58 heavy (non-hydrogen) atoms. The number of fused-ring (bicyclic) bond motifs is 11. The highest BCUT2D eigenvalue weighted by molar-refractivity contribution is 5.96. The fraction of sp³-hybridized carbons (Fsp3) is 0.0185. The lowest BCUT2D eigenvalue weighted by Gasteiger charge is -2.30. The average Bonchev–Trinajstić information content (AvgIpc) is 3.94. The van der Waals surface area contributed by atoms with Gasteiger partial charge in [0.1, 0.15) is 5.65 Å². The zero-order valence-corrected chi connectivity index (χ0v) is 31.4. The Morgan fingerprint density at radius 2 is 0.879 bits per heavy atom. The summed E-state index contributed by atoms with van der Waals surface area (Å²) in [7, 11) is 0. The summed E-state index contributed by atoms with van der Waals surface area (Å²) >= 11 is 0. The molecule has 4 nitrogen and oxygen atoms in total. The van der Waals surface area contributed by atoms with Crippen molar-refractivity contribution in [3.8, 4) is 78.7 Å². The minimum atomic E-state index is -0.438. The first-order valence-electron chi connectivity index (χ1n) is 19.8. The van der Waals surface area contributed by atoms with E-state index < -0.39 is 5.41 Å². The summed E-state index contributed by atoms with van der Waals surface area (Å²) in [5.74, 6) is 0.670. The van der Waals surface area contributed by atoms with Gasteiger partial charge in [-0.2, -0.15) is 0 Å². The van der Waals surface area contributed by atoms with Crippen LogP contribution in [0.5, 0.6) is 0 Å². The molecule has 2 aliphatic rings. The van der Waals surface area contributed by atoms with Gasteiger partial charge in [-0.15, -0.1) is 0 Å². The predicted molar refractivity (Wildman–Crippen MR) is 234 cm³/mol. The van der Waals surface area contributed by atoms with E-state index in [0.29, 0.717) is 5.82 Å². The van der Waals surface area contributed by atoms with Crippen LogP contribution in [0.15, 0.2) is 206 Å². The lowest BCUT2D eigenvalue weighted by Crippen LogP contribution is -2.25. The summed E-state index contributed by atoms with van der Waals surface area (Å²) in [5.41, 5.74) is 19.7. The normalized spacial score (nSPS) is 13.0. The average molecular weight is 739 g/mol. The van der Waals surface area contributed by atoms with Crippen molar-refractivity contribution in [3.63, 3.8) is 0 Å². The van der Waals surface area contributed by atoms with Crippen molar-refractivity contribution in [1.29, 1.82) is 0 Å². The van der Waals surface area contributed by atoms with Crippen molar-refractivity contribution in [2.24, 2.45) is 0 Å². The number of hydrogen-bond donors (Lipinski definition) is 0. The Morgan fingerprint density at radius 3 is 1.55 bits per heavy atom.